The third-order valence-corrected chi connectivity index (χ3v) is 3.28. The predicted molar refractivity (Wildman–Crippen MR) is 78.0 cm³/mol. The minimum absolute atomic E-state index is 0.0641. The first-order chi connectivity index (χ1) is 10.4. The van der Waals surface area contributed by atoms with Crippen molar-refractivity contribution in [3.63, 3.8) is 0 Å². The SMILES string of the molecule is Cn1cc(COc2ccc3ccccc3c2[B-](F)(F)F)nn1. The summed E-state index contributed by atoms with van der Waals surface area (Å²) in [4.78, 5) is 0. The molecule has 0 radical (unpaired) electrons. The molecule has 1 heterocycles. The van der Waals surface area contributed by atoms with Gasteiger partial charge in [0, 0.05) is 7.05 Å². The molecule has 0 saturated carbocycles. The Morgan fingerprint density at radius 3 is 2.59 bits per heavy atom. The molecule has 0 amide bonds. The number of benzene rings is 2. The van der Waals surface area contributed by atoms with Crippen molar-refractivity contribution < 1.29 is 17.7 Å². The number of fused-ring (bicyclic) bond motifs is 1. The Morgan fingerprint density at radius 2 is 1.91 bits per heavy atom. The number of nitrogens with zero attached hydrogens (tertiary/aromatic N) is 3. The summed E-state index contributed by atoms with van der Waals surface area (Å²) in [5, 5.41) is 8.19. The summed E-state index contributed by atoms with van der Waals surface area (Å²) in [5.41, 5.74) is -0.238. The fourth-order valence-electron chi connectivity index (χ4n) is 2.35. The van der Waals surface area contributed by atoms with Crippen molar-refractivity contribution in [3.8, 4) is 5.75 Å². The molecule has 8 heteroatoms. The fourth-order valence-corrected chi connectivity index (χ4v) is 2.35. The van der Waals surface area contributed by atoms with Gasteiger partial charge in [-0.15, -0.1) is 5.10 Å². The van der Waals surface area contributed by atoms with E-state index >= 15 is 0 Å². The molecule has 0 spiro atoms. The zero-order chi connectivity index (χ0) is 15.7. The first kappa shape index (κ1) is 14.4. The van der Waals surface area contributed by atoms with Gasteiger partial charge in [0.1, 0.15) is 12.3 Å². The van der Waals surface area contributed by atoms with Gasteiger partial charge in [-0.05, 0) is 16.8 Å². The van der Waals surface area contributed by atoms with E-state index in [2.05, 4.69) is 10.3 Å². The highest BCUT2D eigenvalue weighted by Gasteiger charge is 2.31. The van der Waals surface area contributed by atoms with E-state index in [9.17, 15) is 12.9 Å². The van der Waals surface area contributed by atoms with Gasteiger partial charge < -0.3 is 17.7 Å². The molecule has 0 saturated heterocycles. The Balaban J connectivity index is 2.01. The number of aromatic nitrogens is 3. The molecule has 4 nitrogen and oxygen atoms in total. The fraction of sp³-hybridized carbons (Fsp3) is 0.143. The molecule has 0 N–H and O–H groups in total. The van der Waals surface area contributed by atoms with Crippen LogP contribution >= 0.6 is 0 Å². The molecular weight excluding hydrogens is 294 g/mol. The van der Waals surface area contributed by atoms with Gasteiger partial charge >= 0.3 is 6.98 Å². The minimum atomic E-state index is -5.19. The second-order valence-corrected chi connectivity index (χ2v) is 4.95. The van der Waals surface area contributed by atoms with Crippen LogP contribution in [0.3, 0.4) is 0 Å². The van der Waals surface area contributed by atoms with Gasteiger partial charge in [0.25, 0.3) is 0 Å². The summed E-state index contributed by atoms with van der Waals surface area (Å²) < 4.78 is 47.2. The Bertz CT molecular complexity index is 816. The number of hydrogen-bond donors (Lipinski definition) is 0. The maximum atomic E-state index is 13.5. The first-order valence-corrected chi connectivity index (χ1v) is 6.65. The highest BCUT2D eigenvalue weighted by Crippen LogP contribution is 2.25. The van der Waals surface area contributed by atoms with Crippen LogP contribution in [-0.2, 0) is 13.7 Å². The molecule has 0 fully saturated rings. The number of rotatable bonds is 4. The number of ether oxygens (including phenoxy) is 1. The largest absolute Gasteiger partial charge is 0.513 e. The standard InChI is InChI=1S/C14H12BF3N3O/c1-21-8-11(19-20-21)9-22-13-7-6-10-4-2-3-5-12(10)14(13)15(16,17)18/h2-8H,9H2,1H3/q-1. The molecule has 22 heavy (non-hydrogen) atoms. The van der Waals surface area contributed by atoms with Crippen LogP contribution in [0.5, 0.6) is 5.75 Å². The van der Waals surface area contributed by atoms with Crippen LogP contribution < -0.4 is 10.2 Å². The molecule has 0 atom stereocenters. The summed E-state index contributed by atoms with van der Waals surface area (Å²) in [6, 6.07) is 9.35. The van der Waals surface area contributed by atoms with Crippen LogP contribution in [0.1, 0.15) is 5.69 Å². The zero-order valence-electron chi connectivity index (χ0n) is 11.7. The lowest BCUT2D eigenvalue weighted by molar-refractivity contribution is 0.302. The summed E-state index contributed by atoms with van der Waals surface area (Å²) in [6.45, 7) is -5.26. The van der Waals surface area contributed by atoms with Gasteiger partial charge in [-0.3, -0.25) is 4.68 Å². The smallest absolute Gasteiger partial charge is 0.490 e. The van der Waals surface area contributed by atoms with E-state index < -0.39 is 12.4 Å². The van der Waals surface area contributed by atoms with Gasteiger partial charge in [0.15, 0.2) is 0 Å². The average molecular weight is 306 g/mol. The normalized spacial score (nSPS) is 11.8. The Hall–Kier alpha value is -2.51. The van der Waals surface area contributed by atoms with Crippen molar-refractivity contribution in [1.82, 2.24) is 15.0 Å². The van der Waals surface area contributed by atoms with Crippen LogP contribution in [0.4, 0.5) is 12.9 Å². The lowest BCUT2D eigenvalue weighted by Gasteiger charge is -2.22. The maximum absolute atomic E-state index is 13.5. The Labute approximate surface area is 124 Å². The van der Waals surface area contributed by atoms with Crippen molar-refractivity contribution in [2.24, 2.45) is 7.05 Å². The lowest BCUT2D eigenvalue weighted by Crippen LogP contribution is -2.36. The number of hydrogen-bond acceptors (Lipinski definition) is 3. The van der Waals surface area contributed by atoms with Gasteiger partial charge in [-0.25, -0.2) is 0 Å². The zero-order valence-corrected chi connectivity index (χ0v) is 11.7. The topological polar surface area (TPSA) is 39.9 Å². The molecule has 0 unspecified atom stereocenters. The summed E-state index contributed by atoms with van der Waals surface area (Å²) >= 11 is 0. The van der Waals surface area contributed by atoms with Crippen LogP contribution in [0.15, 0.2) is 42.6 Å². The maximum Gasteiger partial charge on any atom is 0.513 e. The van der Waals surface area contributed by atoms with E-state index in [0.717, 1.165) is 0 Å². The van der Waals surface area contributed by atoms with E-state index in [1.165, 1.54) is 16.8 Å². The van der Waals surface area contributed by atoms with Crippen LogP contribution in [0.2, 0.25) is 0 Å². The van der Waals surface area contributed by atoms with Crippen LogP contribution in [0.25, 0.3) is 10.8 Å². The number of halogens is 3. The highest BCUT2D eigenvalue weighted by molar-refractivity contribution is 6.76. The Morgan fingerprint density at radius 1 is 1.14 bits per heavy atom. The molecule has 0 aliphatic carbocycles. The third kappa shape index (κ3) is 2.76. The first-order valence-electron chi connectivity index (χ1n) is 6.65. The van der Waals surface area contributed by atoms with E-state index in [1.54, 1.807) is 37.5 Å². The van der Waals surface area contributed by atoms with Crippen LogP contribution in [-0.4, -0.2) is 22.0 Å². The summed E-state index contributed by atoms with van der Waals surface area (Å²) in [6.07, 6.45) is 1.60. The van der Waals surface area contributed by atoms with Crippen molar-refractivity contribution >= 4 is 23.2 Å². The molecule has 0 bridgehead atoms. The molecular formula is C14H12BF3N3O-. The van der Waals surface area contributed by atoms with Gasteiger partial charge in [-0.1, -0.05) is 41.0 Å². The molecule has 3 aromatic rings. The van der Waals surface area contributed by atoms with Gasteiger partial charge in [-0.2, -0.15) is 0 Å². The molecule has 0 aliphatic heterocycles. The second-order valence-electron chi connectivity index (χ2n) is 4.95. The van der Waals surface area contributed by atoms with Crippen LogP contribution in [0, 0.1) is 0 Å². The van der Waals surface area contributed by atoms with Crippen molar-refractivity contribution in [2.45, 2.75) is 6.61 Å². The molecule has 0 aliphatic rings. The molecule has 2 aromatic carbocycles. The Kier molecular flexibility index (Phi) is 3.52. The summed E-state index contributed by atoms with van der Waals surface area (Å²) in [5.74, 6) is -0.183. The van der Waals surface area contributed by atoms with E-state index in [0.29, 0.717) is 11.1 Å². The molecule has 114 valence electrons. The van der Waals surface area contributed by atoms with Gasteiger partial charge in [0.2, 0.25) is 0 Å². The minimum Gasteiger partial charge on any atom is -0.490 e. The van der Waals surface area contributed by atoms with Gasteiger partial charge in [0.05, 0.1) is 11.9 Å². The molecule has 3 rings (SSSR count). The quantitative estimate of drug-likeness (QED) is 0.696. The average Bonchev–Trinajstić information content (AvgIpc) is 2.89. The highest BCUT2D eigenvalue weighted by atomic mass is 19.4. The van der Waals surface area contributed by atoms with Crippen molar-refractivity contribution in [1.29, 1.82) is 0 Å². The predicted octanol–water partition coefficient (Wildman–Crippen LogP) is 2.60. The number of aryl methyl sites for hydroxylation is 1. The monoisotopic (exact) mass is 306 g/mol. The third-order valence-electron chi connectivity index (χ3n) is 3.28. The second kappa shape index (κ2) is 5.36. The summed E-state index contributed by atoms with van der Waals surface area (Å²) in [7, 11) is 1.68. The molecule has 1 aromatic heterocycles. The van der Waals surface area contributed by atoms with Crippen molar-refractivity contribution in [2.75, 3.05) is 0 Å². The van der Waals surface area contributed by atoms with E-state index in [-0.39, 0.29) is 17.7 Å². The lowest BCUT2D eigenvalue weighted by atomic mass is 9.76. The van der Waals surface area contributed by atoms with E-state index in [4.69, 9.17) is 4.74 Å². The van der Waals surface area contributed by atoms with E-state index in [1.807, 2.05) is 0 Å². The van der Waals surface area contributed by atoms with Crippen molar-refractivity contribution in [3.05, 3.63) is 48.3 Å².